The molecule has 3 aromatic heterocycles. The lowest BCUT2D eigenvalue weighted by molar-refractivity contribution is 0.102. The Bertz CT molecular complexity index is 1920. The van der Waals surface area contributed by atoms with E-state index in [-0.39, 0.29) is 17.8 Å². The van der Waals surface area contributed by atoms with Crippen LogP contribution in [0.3, 0.4) is 0 Å². The van der Waals surface area contributed by atoms with Crippen LogP contribution in [0.25, 0.3) is 17.3 Å². The number of para-hydroxylation sites is 1. The smallest absolute Gasteiger partial charge is 0.284 e. The fourth-order valence-corrected chi connectivity index (χ4v) is 5.32. The van der Waals surface area contributed by atoms with E-state index in [0.717, 1.165) is 28.1 Å². The van der Waals surface area contributed by atoms with Gasteiger partial charge in [-0.1, -0.05) is 24.3 Å². The zero-order valence-electron chi connectivity index (χ0n) is 25.4. The number of allylic oxidation sites excluding steroid dienone is 1. The Morgan fingerprint density at radius 2 is 1.86 bits per heavy atom. The lowest BCUT2D eigenvalue weighted by Crippen LogP contribution is -2.27. The monoisotopic (exact) mass is 594 g/mol. The summed E-state index contributed by atoms with van der Waals surface area (Å²) in [7, 11) is 1.93. The zero-order chi connectivity index (χ0) is 31.5. The third-order valence-corrected chi connectivity index (χ3v) is 7.68. The molecule has 226 valence electrons. The minimum atomic E-state index is -0.755. The fraction of sp³-hybridized carbons (Fsp3) is 0.235. The molecule has 0 fully saturated rings. The molecule has 0 saturated carbocycles. The lowest BCUT2D eigenvalue weighted by Gasteiger charge is -2.15. The van der Waals surface area contributed by atoms with Crippen molar-refractivity contribution in [3.63, 3.8) is 0 Å². The van der Waals surface area contributed by atoms with E-state index in [1.165, 1.54) is 10.7 Å². The molecular formula is C34H35FN6O3. The molecule has 5 rings (SSSR count). The summed E-state index contributed by atoms with van der Waals surface area (Å²) < 4.78 is 20.3. The van der Waals surface area contributed by atoms with E-state index in [1.807, 2.05) is 43.7 Å². The van der Waals surface area contributed by atoms with Crippen molar-refractivity contribution in [1.29, 1.82) is 0 Å². The SMILES string of the molecule is C/C(=C\c1nccc(Cc2ccc(NC(=O)c3c(C)n(C[C@@H](C)O)n(-c4ccccc4)c3=O)cc2F)c1C)c1cncn1C. The van der Waals surface area contributed by atoms with E-state index in [0.29, 0.717) is 23.4 Å². The van der Waals surface area contributed by atoms with E-state index in [9.17, 15) is 14.7 Å². The standard InChI is InChI=1S/C34H35FN6O3/c1-21(31-18-36-20-39(31)5)15-30-23(3)25(13-14-37-30)16-26-11-12-27(17-29(26)35)38-33(43)32-24(4)40(19-22(2)42)41(34(32)44)28-9-7-6-8-10-28/h6-15,17-18,20,22,42H,16,19H2,1-5H3,(H,38,43)/b21-15+/t22-/m1/s1. The molecule has 44 heavy (non-hydrogen) atoms. The van der Waals surface area contributed by atoms with Crippen LogP contribution in [0.1, 0.15) is 58.0 Å². The summed E-state index contributed by atoms with van der Waals surface area (Å²) in [5.74, 6) is -1.13. The molecule has 0 aliphatic carbocycles. The Morgan fingerprint density at radius 3 is 2.52 bits per heavy atom. The highest BCUT2D eigenvalue weighted by Gasteiger charge is 2.24. The van der Waals surface area contributed by atoms with Crippen LogP contribution >= 0.6 is 0 Å². The first-order valence-electron chi connectivity index (χ1n) is 14.3. The molecular weight excluding hydrogens is 559 g/mol. The highest BCUT2D eigenvalue weighted by atomic mass is 19.1. The van der Waals surface area contributed by atoms with Gasteiger partial charge >= 0.3 is 0 Å². The fourth-order valence-electron chi connectivity index (χ4n) is 5.32. The van der Waals surface area contributed by atoms with Gasteiger partial charge in [0.2, 0.25) is 0 Å². The molecule has 5 aromatic rings. The van der Waals surface area contributed by atoms with Crippen LogP contribution < -0.4 is 10.9 Å². The van der Waals surface area contributed by atoms with Crippen molar-refractivity contribution >= 4 is 23.2 Å². The van der Waals surface area contributed by atoms with Crippen LogP contribution in [0.2, 0.25) is 0 Å². The summed E-state index contributed by atoms with van der Waals surface area (Å²) >= 11 is 0. The number of pyridine rings is 1. The maximum Gasteiger partial charge on any atom is 0.284 e. The first kappa shape index (κ1) is 30.4. The molecule has 2 aromatic carbocycles. The van der Waals surface area contributed by atoms with E-state index in [2.05, 4.69) is 15.3 Å². The number of hydrogen-bond donors (Lipinski definition) is 2. The zero-order valence-corrected chi connectivity index (χ0v) is 25.4. The molecule has 0 saturated heterocycles. The molecule has 0 spiro atoms. The second-order valence-electron chi connectivity index (χ2n) is 11.0. The molecule has 0 aliphatic heterocycles. The summed E-state index contributed by atoms with van der Waals surface area (Å²) in [5, 5.41) is 12.8. The molecule has 3 heterocycles. The van der Waals surface area contributed by atoms with E-state index in [1.54, 1.807) is 73.6 Å². The van der Waals surface area contributed by atoms with Crippen LogP contribution in [-0.2, 0) is 20.0 Å². The molecule has 10 heteroatoms. The second kappa shape index (κ2) is 12.6. The molecule has 9 nitrogen and oxygen atoms in total. The predicted octanol–water partition coefficient (Wildman–Crippen LogP) is 5.31. The minimum absolute atomic E-state index is 0.0756. The molecule has 0 unspecified atom stereocenters. The number of amides is 1. The van der Waals surface area contributed by atoms with Gasteiger partial charge in [-0.15, -0.1) is 0 Å². The van der Waals surface area contributed by atoms with Crippen molar-refractivity contribution in [2.24, 2.45) is 7.05 Å². The lowest BCUT2D eigenvalue weighted by atomic mass is 9.98. The number of carbonyl (C=O) groups is 1. The maximum atomic E-state index is 15.4. The molecule has 1 amide bonds. The number of rotatable bonds is 9. The van der Waals surface area contributed by atoms with E-state index >= 15 is 4.39 Å². The Balaban J connectivity index is 1.38. The van der Waals surface area contributed by atoms with Gasteiger partial charge in [0.05, 0.1) is 47.9 Å². The van der Waals surface area contributed by atoms with Crippen LogP contribution in [0.15, 0.2) is 78.1 Å². The van der Waals surface area contributed by atoms with Gasteiger partial charge in [-0.05, 0) is 86.4 Å². The van der Waals surface area contributed by atoms with Crippen molar-refractivity contribution in [2.75, 3.05) is 5.32 Å². The van der Waals surface area contributed by atoms with Crippen LogP contribution in [0.4, 0.5) is 10.1 Å². The van der Waals surface area contributed by atoms with E-state index < -0.39 is 23.4 Å². The van der Waals surface area contributed by atoms with Crippen LogP contribution in [0.5, 0.6) is 0 Å². The topological polar surface area (TPSA) is 107 Å². The number of aliphatic hydroxyl groups excluding tert-OH is 1. The Labute approximate surface area is 254 Å². The number of nitrogens with one attached hydrogen (secondary N) is 1. The summed E-state index contributed by atoms with van der Waals surface area (Å²) in [6.07, 6.45) is 6.83. The Morgan fingerprint density at radius 1 is 1.11 bits per heavy atom. The summed E-state index contributed by atoms with van der Waals surface area (Å²) in [5.41, 5.74) is 5.70. The molecule has 1 atom stereocenters. The van der Waals surface area contributed by atoms with E-state index in [4.69, 9.17) is 0 Å². The number of aryl methyl sites for hydroxylation is 1. The van der Waals surface area contributed by atoms with Crippen molar-refractivity contribution in [3.8, 4) is 5.69 Å². The number of halogens is 1. The average molecular weight is 595 g/mol. The first-order chi connectivity index (χ1) is 21.0. The third-order valence-electron chi connectivity index (χ3n) is 7.68. The number of aliphatic hydroxyl groups is 1. The van der Waals surface area contributed by atoms with Crippen molar-refractivity contribution in [1.82, 2.24) is 23.9 Å². The quantitative estimate of drug-likeness (QED) is 0.241. The van der Waals surface area contributed by atoms with Crippen molar-refractivity contribution in [2.45, 2.75) is 46.8 Å². The number of hydrogen-bond acceptors (Lipinski definition) is 5. The van der Waals surface area contributed by atoms with Gasteiger partial charge in [0.15, 0.2) is 0 Å². The summed E-state index contributed by atoms with van der Waals surface area (Å²) in [6.45, 7) is 7.34. The normalized spacial score (nSPS) is 12.4. The third kappa shape index (κ3) is 6.16. The van der Waals surface area contributed by atoms with Gasteiger partial charge in [-0.2, -0.15) is 0 Å². The average Bonchev–Trinajstić information content (AvgIpc) is 3.52. The van der Waals surface area contributed by atoms with Gasteiger partial charge in [0, 0.05) is 25.4 Å². The minimum Gasteiger partial charge on any atom is -0.391 e. The van der Waals surface area contributed by atoms with Crippen molar-refractivity contribution < 1.29 is 14.3 Å². The predicted molar refractivity (Wildman–Crippen MR) is 169 cm³/mol. The first-order valence-corrected chi connectivity index (χ1v) is 14.3. The van der Waals surface area contributed by atoms with Gasteiger partial charge in [-0.25, -0.2) is 14.1 Å². The summed E-state index contributed by atoms with van der Waals surface area (Å²) in [4.78, 5) is 35.5. The van der Waals surface area contributed by atoms with Crippen LogP contribution in [-0.4, -0.2) is 41.0 Å². The van der Waals surface area contributed by atoms with Crippen molar-refractivity contribution in [3.05, 3.63) is 129 Å². The molecule has 0 bridgehead atoms. The highest BCUT2D eigenvalue weighted by Crippen LogP contribution is 2.24. The van der Waals surface area contributed by atoms with Crippen LogP contribution in [0, 0.1) is 19.7 Å². The molecule has 0 radical (unpaired) electrons. The second-order valence-corrected chi connectivity index (χ2v) is 11.0. The summed E-state index contributed by atoms with van der Waals surface area (Å²) in [6, 6.07) is 15.3. The van der Waals surface area contributed by atoms with Gasteiger partial charge in [0.25, 0.3) is 11.5 Å². The number of benzene rings is 2. The van der Waals surface area contributed by atoms with Gasteiger partial charge in [0.1, 0.15) is 11.4 Å². The Kier molecular flexibility index (Phi) is 8.73. The molecule has 2 N–H and O–H groups in total. The van der Waals surface area contributed by atoms with Gasteiger partial charge in [-0.3, -0.25) is 19.3 Å². The number of aromatic nitrogens is 5. The largest absolute Gasteiger partial charge is 0.391 e. The number of nitrogens with zero attached hydrogens (tertiary/aromatic N) is 5. The highest BCUT2D eigenvalue weighted by molar-refractivity contribution is 6.05. The number of carbonyl (C=O) groups excluding carboxylic acids is 1. The molecule has 0 aliphatic rings. The van der Waals surface area contributed by atoms with Gasteiger partial charge < -0.3 is 15.0 Å². The Hall–Kier alpha value is -5.09. The number of anilines is 1. The maximum absolute atomic E-state index is 15.4. The number of imidazole rings is 1.